The summed E-state index contributed by atoms with van der Waals surface area (Å²) >= 11 is 0. The molecule has 29 heavy (non-hydrogen) atoms. The fraction of sp³-hybridized carbons (Fsp3) is 0.920. The Kier molecular flexibility index (Phi) is 14.1. The Hall–Kier alpha value is -1.06. The number of ether oxygens (including phenoxy) is 1. The van der Waals surface area contributed by atoms with E-state index < -0.39 is 11.9 Å². The predicted octanol–water partition coefficient (Wildman–Crippen LogP) is 7.43. The lowest BCUT2D eigenvalue weighted by Gasteiger charge is -2.37. The molecular weight excluding hydrogens is 364 g/mol. The lowest BCUT2D eigenvalue weighted by Crippen LogP contribution is -2.38. The third-order valence-electron chi connectivity index (χ3n) is 6.50. The molecule has 0 saturated heterocycles. The molecule has 1 aliphatic carbocycles. The molecule has 0 bridgehead atoms. The largest absolute Gasteiger partial charge is 0.481 e. The summed E-state index contributed by atoms with van der Waals surface area (Å²) in [7, 11) is 0. The second kappa shape index (κ2) is 15.7. The average molecular weight is 411 g/mol. The van der Waals surface area contributed by atoms with Crippen LogP contribution in [0.15, 0.2) is 0 Å². The van der Waals surface area contributed by atoms with Crippen molar-refractivity contribution >= 4 is 11.9 Å². The van der Waals surface area contributed by atoms with E-state index in [0.717, 1.165) is 51.4 Å². The molecule has 1 fully saturated rings. The Labute approximate surface area is 179 Å². The summed E-state index contributed by atoms with van der Waals surface area (Å²) in [4.78, 5) is 24.0. The monoisotopic (exact) mass is 410 g/mol. The quantitative estimate of drug-likeness (QED) is 0.200. The minimum Gasteiger partial charge on any atom is -0.481 e. The predicted molar refractivity (Wildman–Crippen MR) is 119 cm³/mol. The third-order valence-corrected chi connectivity index (χ3v) is 6.50. The van der Waals surface area contributed by atoms with Crippen LogP contribution >= 0.6 is 0 Å². The van der Waals surface area contributed by atoms with E-state index in [0.29, 0.717) is 6.42 Å². The van der Waals surface area contributed by atoms with E-state index in [-0.39, 0.29) is 18.0 Å². The number of carbonyl (C=O) groups is 2. The Morgan fingerprint density at radius 2 is 1.38 bits per heavy atom. The lowest BCUT2D eigenvalue weighted by atomic mass is 9.80. The maximum Gasteiger partial charge on any atom is 0.307 e. The molecule has 1 rings (SSSR count). The molecule has 0 aromatic heterocycles. The van der Waals surface area contributed by atoms with E-state index in [1.165, 1.54) is 57.8 Å². The molecule has 0 radical (unpaired) electrons. The number of esters is 1. The molecule has 4 heteroatoms. The van der Waals surface area contributed by atoms with E-state index in [1.54, 1.807) is 0 Å². The molecule has 1 saturated carbocycles. The molecule has 4 nitrogen and oxygen atoms in total. The van der Waals surface area contributed by atoms with Crippen molar-refractivity contribution in [3.8, 4) is 0 Å². The van der Waals surface area contributed by atoms with Crippen molar-refractivity contribution in [3.63, 3.8) is 0 Å². The highest BCUT2D eigenvalue weighted by atomic mass is 16.6. The average Bonchev–Trinajstić information content (AvgIpc) is 2.70. The summed E-state index contributed by atoms with van der Waals surface area (Å²) in [5.41, 5.74) is -0.329. The van der Waals surface area contributed by atoms with E-state index in [1.807, 2.05) is 6.92 Å². The van der Waals surface area contributed by atoms with Gasteiger partial charge in [-0.1, -0.05) is 84.5 Å². The maximum atomic E-state index is 12.6. The summed E-state index contributed by atoms with van der Waals surface area (Å²) in [6, 6.07) is 0. The second-order valence-corrected chi connectivity index (χ2v) is 9.18. The minimum absolute atomic E-state index is 0.0227. The zero-order valence-electron chi connectivity index (χ0n) is 19.2. The molecular formula is C25H46O4. The highest BCUT2D eigenvalue weighted by Gasteiger charge is 2.36. The first-order chi connectivity index (χ1) is 14.0. The van der Waals surface area contributed by atoms with Crippen molar-refractivity contribution < 1.29 is 19.4 Å². The summed E-state index contributed by atoms with van der Waals surface area (Å²) < 4.78 is 6.01. The second-order valence-electron chi connectivity index (χ2n) is 9.18. The van der Waals surface area contributed by atoms with Crippen molar-refractivity contribution in [2.75, 3.05) is 0 Å². The molecule has 0 amide bonds. The van der Waals surface area contributed by atoms with Crippen molar-refractivity contribution in [1.82, 2.24) is 0 Å². The van der Waals surface area contributed by atoms with Crippen LogP contribution in [0.3, 0.4) is 0 Å². The van der Waals surface area contributed by atoms with E-state index in [4.69, 9.17) is 4.74 Å². The molecule has 1 N–H and O–H groups in total. The smallest absolute Gasteiger partial charge is 0.307 e. The Balaban J connectivity index is 2.39. The first-order valence-electron chi connectivity index (χ1n) is 12.5. The van der Waals surface area contributed by atoms with Crippen LogP contribution in [0.25, 0.3) is 0 Å². The molecule has 1 atom stereocenters. The van der Waals surface area contributed by atoms with E-state index in [9.17, 15) is 14.7 Å². The molecule has 0 aliphatic heterocycles. The molecule has 0 aromatic carbocycles. The van der Waals surface area contributed by atoms with Crippen LogP contribution < -0.4 is 0 Å². The van der Waals surface area contributed by atoms with Crippen molar-refractivity contribution in [1.29, 1.82) is 0 Å². The topological polar surface area (TPSA) is 63.6 Å². The zero-order chi connectivity index (χ0) is 21.4. The summed E-state index contributed by atoms with van der Waals surface area (Å²) in [6.45, 7) is 4.29. The molecule has 0 heterocycles. The van der Waals surface area contributed by atoms with Crippen molar-refractivity contribution in [2.45, 2.75) is 141 Å². The van der Waals surface area contributed by atoms with E-state index in [2.05, 4.69) is 6.92 Å². The summed E-state index contributed by atoms with van der Waals surface area (Å²) in [6.07, 6.45) is 20.3. The number of unbranched alkanes of at least 4 members (excludes halogenated alkanes) is 9. The minimum atomic E-state index is -0.868. The van der Waals surface area contributed by atoms with Crippen LogP contribution in [0.2, 0.25) is 0 Å². The van der Waals surface area contributed by atoms with Gasteiger partial charge >= 0.3 is 11.9 Å². The molecule has 0 spiro atoms. The standard InChI is InChI=1S/C25H46O4/c1-3-5-7-8-9-10-11-12-14-18-25(19-15-13-16-20-25)29-23(26)21-22(24(27)28)17-6-4-2/h22H,3-21H2,1-2H3,(H,27,28). The van der Waals surface area contributed by atoms with Crippen LogP contribution in [0, 0.1) is 5.92 Å². The first kappa shape index (κ1) is 26.0. The van der Waals surface area contributed by atoms with Crippen LogP contribution in [-0.2, 0) is 14.3 Å². The van der Waals surface area contributed by atoms with Gasteiger partial charge in [0.05, 0.1) is 12.3 Å². The Morgan fingerprint density at radius 3 is 1.93 bits per heavy atom. The summed E-state index contributed by atoms with van der Waals surface area (Å²) in [5.74, 6) is -1.77. The van der Waals surface area contributed by atoms with Crippen LogP contribution in [0.5, 0.6) is 0 Å². The highest BCUT2D eigenvalue weighted by molar-refractivity contribution is 5.79. The number of rotatable bonds is 17. The third kappa shape index (κ3) is 11.6. The Bertz CT molecular complexity index is 440. The number of carboxylic acids is 1. The van der Waals surface area contributed by atoms with E-state index >= 15 is 0 Å². The van der Waals surface area contributed by atoms with Gasteiger partial charge in [-0.3, -0.25) is 9.59 Å². The number of hydrogen-bond acceptors (Lipinski definition) is 3. The van der Waals surface area contributed by atoms with Gasteiger partial charge in [-0.05, 0) is 44.9 Å². The molecule has 170 valence electrons. The number of hydrogen-bond donors (Lipinski definition) is 1. The van der Waals surface area contributed by atoms with Gasteiger partial charge in [-0.25, -0.2) is 0 Å². The number of carboxylic acid groups (broad SMARTS) is 1. The van der Waals surface area contributed by atoms with Gasteiger partial charge in [0, 0.05) is 0 Å². The zero-order valence-corrected chi connectivity index (χ0v) is 19.2. The first-order valence-corrected chi connectivity index (χ1v) is 12.5. The van der Waals surface area contributed by atoms with Gasteiger partial charge in [0.25, 0.3) is 0 Å². The van der Waals surface area contributed by atoms with Crippen LogP contribution in [0.1, 0.15) is 136 Å². The van der Waals surface area contributed by atoms with Gasteiger partial charge in [-0.15, -0.1) is 0 Å². The van der Waals surface area contributed by atoms with Crippen LogP contribution in [-0.4, -0.2) is 22.6 Å². The van der Waals surface area contributed by atoms with Crippen molar-refractivity contribution in [3.05, 3.63) is 0 Å². The molecule has 1 aliphatic rings. The van der Waals surface area contributed by atoms with Gasteiger partial charge < -0.3 is 9.84 Å². The fourth-order valence-corrected chi connectivity index (χ4v) is 4.60. The lowest BCUT2D eigenvalue weighted by molar-refractivity contribution is -0.168. The number of carbonyl (C=O) groups excluding carboxylic acids is 1. The van der Waals surface area contributed by atoms with Crippen molar-refractivity contribution in [2.24, 2.45) is 5.92 Å². The highest BCUT2D eigenvalue weighted by Crippen LogP contribution is 2.37. The normalized spacial score (nSPS) is 17.0. The van der Waals surface area contributed by atoms with Gasteiger partial charge in [0.15, 0.2) is 0 Å². The number of aliphatic carboxylic acids is 1. The maximum absolute atomic E-state index is 12.6. The SMILES string of the molecule is CCCCCCCCCCCC1(OC(=O)CC(CCCC)C(=O)O)CCCCC1. The molecule has 0 aromatic rings. The fourth-order valence-electron chi connectivity index (χ4n) is 4.60. The van der Waals surface area contributed by atoms with Gasteiger partial charge in [-0.2, -0.15) is 0 Å². The molecule has 1 unspecified atom stereocenters. The van der Waals surface area contributed by atoms with Gasteiger partial charge in [0.2, 0.25) is 0 Å². The Morgan fingerprint density at radius 1 is 0.828 bits per heavy atom. The summed E-state index contributed by atoms with van der Waals surface area (Å²) in [5, 5.41) is 9.40. The van der Waals surface area contributed by atoms with Crippen LogP contribution in [0.4, 0.5) is 0 Å². The van der Waals surface area contributed by atoms with Gasteiger partial charge in [0.1, 0.15) is 5.60 Å².